The van der Waals surface area contributed by atoms with Crippen LogP contribution in [0.15, 0.2) is 0 Å². The van der Waals surface area contributed by atoms with Gasteiger partial charge in [0.05, 0.1) is 6.04 Å². The van der Waals surface area contributed by atoms with Crippen LogP contribution in [0.4, 0.5) is 0 Å². The number of aliphatic hydroxyl groups is 1. The topological polar surface area (TPSA) is 61.4 Å². The SMILES string of the molecule is CCC(C)(CCO)NC(=O)C1CC(C)CCN1. The van der Waals surface area contributed by atoms with Crippen LogP contribution in [0.25, 0.3) is 0 Å². The van der Waals surface area contributed by atoms with E-state index in [-0.39, 0.29) is 24.1 Å². The molecule has 1 heterocycles. The lowest BCUT2D eigenvalue weighted by atomic mass is 9.91. The van der Waals surface area contributed by atoms with Crippen LogP contribution in [0.5, 0.6) is 0 Å². The van der Waals surface area contributed by atoms with Crippen molar-refractivity contribution in [2.75, 3.05) is 13.2 Å². The first-order valence-electron chi connectivity index (χ1n) is 6.67. The molecule has 1 amide bonds. The molecule has 1 aliphatic rings. The van der Waals surface area contributed by atoms with Gasteiger partial charge in [0.15, 0.2) is 0 Å². The van der Waals surface area contributed by atoms with Gasteiger partial charge in [-0.2, -0.15) is 0 Å². The molecule has 1 saturated heterocycles. The zero-order valence-electron chi connectivity index (χ0n) is 11.3. The molecule has 0 aromatic heterocycles. The highest BCUT2D eigenvalue weighted by Crippen LogP contribution is 2.18. The van der Waals surface area contributed by atoms with Crippen LogP contribution in [0.1, 0.15) is 46.5 Å². The Labute approximate surface area is 104 Å². The van der Waals surface area contributed by atoms with Gasteiger partial charge in [-0.25, -0.2) is 0 Å². The summed E-state index contributed by atoms with van der Waals surface area (Å²) in [5, 5.41) is 15.4. The van der Waals surface area contributed by atoms with Gasteiger partial charge in [-0.05, 0) is 45.1 Å². The van der Waals surface area contributed by atoms with E-state index >= 15 is 0 Å². The van der Waals surface area contributed by atoms with E-state index in [0.717, 1.165) is 25.8 Å². The smallest absolute Gasteiger partial charge is 0.237 e. The molecular weight excluding hydrogens is 216 g/mol. The number of nitrogens with one attached hydrogen (secondary N) is 2. The third kappa shape index (κ3) is 4.28. The molecule has 4 nitrogen and oxygen atoms in total. The fraction of sp³-hybridized carbons (Fsp3) is 0.923. The molecule has 0 saturated carbocycles. The maximum Gasteiger partial charge on any atom is 0.237 e. The largest absolute Gasteiger partial charge is 0.396 e. The van der Waals surface area contributed by atoms with Gasteiger partial charge in [-0.15, -0.1) is 0 Å². The number of amides is 1. The van der Waals surface area contributed by atoms with Gasteiger partial charge in [0.2, 0.25) is 5.91 Å². The van der Waals surface area contributed by atoms with E-state index in [2.05, 4.69) is 17.6 Å². The number of hydrogen-bond acceptors (Lipinski definition) is 3. The first-order valence-corrected chi connectivity index (χ1v) is 6.67. The Morgan fingerprint density at radius 2 is 2.29 bits per heavy atom. The lowest BCUT2D eigenvalue weighted by molar-refractivity contribution is -0.126. The lowest BCUT2D eigenvalue weighted by Crippen LogP contribution is -2.55. The molecule has 0 bridgehead atoms. The molecule has 4 heteroatoms. The molecule has 100 valence electrons. The van der Waals surface area contributed by atoms with Crippen molar-refractivity contribution in [3.8, 4) is 0 Å². The second-order valence-electron chi connectivity index (χ2n) is 5.51. The number of aliphatic hydroxyl groups excluding tert-OH is 1. The maximum atomic E-state index is 12.1. The van der Waals surface area contributed by atoms with Crippen molar-refractivity contribution in [1.82, 2.24) is 10.6 Å². The highest BCUT2D eigenvalue weighted by Gasteiger charge is 2.30. The summed E-state index contributed by atoms with van der Waals surface area (Å²) in [4.78, 5) is 12.1. The first kappa shape index (κ1) is 14.5. The zero-order chi connectivity index (χ0) is 12.9. The highest BCUT2D eigenvalue weighted by atomic mass is 16.3. The van der Waals surface area contributed by atoms with Gasteiger partial charge >= 0.3 is 0 Å². The number of hydrogen-bond donors (Lipinski definition) is 3. The van der Waals surface area contributed by atoms with E-state index in [4.69, 9.17) is 5.11 Å². The predicted octanol–water partition coefficient (Wildman–Crippen LogP) is 1.04. The summed E-state index contributed by atoms with van der Waals surface area (Å²) in [6.07, 6.45) is 3.50. The molecule has 3 atom stereocenters. The summed E-state index contributed by atoms with van der Waals surface area (Å²) < 4.78 is 0. The minimum absolute atomic E-state index is 0.0664. The second-order valence-corrected chi connectivity index (χ2v) is 5.51. The number of piperidine rings is 1. The average molecular weight is 242 g/mol. The fourth-order valence-electron chi connectivity index (χ4n) is 2.27. The van der Waals surface area contributed by atoms with Crippen LogP contribution >= 0.6 is 0 Å². The molecule has 0 aromatic carbocycles. The Hall–Kier alpha value is -0.610. The summed E-state index contributed by atoms with van der Waals surface area (Å²) in [6.45, 7) is 7.25. The maximum absolute atomic E-state index is 12.1. The third-order valence-corrected chi connectivity index (χ3v) is 3.85. The number of carbonyl (C=O) groups is 1. The van der Waals surface area contributed by atoms with E-state index < -0.39 is 0 Å². The van der Waals surface area contributed by atoms with E-state index in [9.17, 15) is 4.79 Å². The predicted molar refractivity (Wildman–Crippen MR) is 68.7 cm³/mol. The van der Waals surface area contributed by atoms with Gasteiger partial charge in [0.1, 0.15) is 0 Å². The highest BCUT2D eigenvalue weighted by molar-refractivity contribution is 5.82. The molecule has 0 spiro atoms. The van der Waals surface area contributed by atoms with Crippen LogP contribution in [0.3, 0.4) is 0 Å². The van der Waals surface area contributed by atoms with Gasteiger partial charge in [0.25, 0.3) is 0 Å². The second kappa shape index (κ2) is 6.36. The van der Waals surface area contributed by atoms with Crippen molar-refractivity contribution in [1.29, 1.82) is 0 Å². The van der Waals surface area contributed by atoms with Crippen LogP contribution in [-0.4, -0.2) is 35.7 Å². The van der Waals surface area contributed by atoms with E-state index in [1.54, 1.807) is 0 Å². The Kier molecular flexibility index (Phi) is 5.40. The molecule has 17 heavy (non-hydrogen) atoms. The summed E-state index contributed by atoms with van der Waals surface area (Å²) in [5.74, 6) is 0.687. The Morgan fingerprint density at radius 1 is 1.59 bits per heavy atom. The van der Waals surface area contributed by atoms with Crippen LogP contribution in [0, 0.1) is 5.92 Å². The Bertz CT molecular complexity index is 258. The van der Waals surface area contributed by atoms with Crippen molar-refractivity contribution < 1.29 is 9.90 Å². The minimum Gasteiger partial charge on any atom is -0.396 e. The standard InChI is InChI=1S/C13H26N2O2/c1-4-13(3,6-8-16)15-12(17)11-9-10(2)5-7-14-11/h10-11,14,16H,4-9H2,1-3H3,(H,15,17). The molecule has 1 aliphatic heterocycles. The molecule has 3 unspecified atom stereocenters. The minimum atomic E-state index is -0.284. The van der Waals surface area contributed by atoms with E-state index in [1.165, 1.54) is 0 Å². The molecule has 0 aromatic rings. The number of rotatable bonds is 5. The fourth-order valence-corrected chi connectivity index (χ4v) is 2.27. The van der Waals surface area contributed by atoms with Gasteiger partial charge in [-0.3, -0.25) is 4.79 Å². The zero-order valence-corrected chi connectivity index (χ0v) is 11.3. The number of carbonyl (C=O) groups excluding carboxylic acids is 1. The Balaban J connectivity index is 2.51. The molecule has 0 radical (unpaired) electrons. The van der Waals surface area contributed by atoms with Crippen molar-refractivity contribution in [2.45, 2.75) is 58.0 Å². The van der Waals surface area contributed by atoms with Gasteiger partial charge in [-0.1, -0.05) is 13.8 Å². The van der Waals surface area contributed by atoms with Crippen molar-refractivity contribution >= 4 is 5.91 Å². The molecule has 0 aliphatic carbocycles. The average Bonchev–Trinajstić information content (AvgIpc) is 2.29. The molecule has 3 N–H and O–H groups in total. The molecule has 1 fully saturated rings. The summed E-state index contributed by atoms with van der Waals surface area (Å²) >= 11 is 0. The van der Waals surface area contributed by atoms with E-state index in [0.29, 0.717) is 12.3 Å². The molecule has 1 rings (SSSR count). The normalized spacial score (nSPS) is 28.5. The van der Waals surface area contributed by atoms with Crippen molar-refractivity contribution in [2.24, 2.45) is 5.92 Å². The van der Waals surface area contributed by atoms with Crippen LogP contribution < -0.4 is 10.6 Å². The van der Waals surface area contributed by atoms with Crippen molar-refractivity contribution in [3.63, 3.8) is 0 Å². The van der Waals surface area contributed by atoms with Crippen LogP contribution in [0.2, 0.25) is 0 Å². The quantitative estimate of drug-likeness (QED) is 0.675. The monoisotopic (exact) mass is 242 g/mol. The lowest BCUT2D eigenvalue weighted by Gasteiger charge is -2.33. The van der Waals surface area contributed by atoms with E-state index in [1.807, 2.05) is 13.8 Å². The van der Waals surface area contributed by atoms with Crippen molar-refractivity contribution in [3.05, 3.63) is 0 Å². The van der Waals surface area contributed by atoms with Gasteiger partial charge < -0.3 is 15.7 Å². The first-order chi connectivity index (χ1) is 8.00. The van der Waals surface area contributed by atoms with Crippen LogP contribution in [-0.2, 0) is 4.79 Å². The van der Waals surface area contributed by atoms with Gasteiger partial charge in [0, 0.05) is 12.1 Å². The third-order valence-electron chi connectivity index (χ3n) is 3.85. The summed E-state index contributed by atoms with van der Waals surface area (Å²) in [5.41, 5.74) is -0.284. The Morgan fingerprint density at radius 3 is 2.82 bits per heavy atom. The molecular formula is C13H26N2O2. The summed E-state index contributed by atoms with van der Waals surface area (Å²) in [6, 6.07) is -0.0664. The summed E-state index contributed by atoms with van der Waals surface area (Å²) in [7, 11) is 0.